The van der Waals surface area contributed by atoms with Crippen LogP contribution in [0.25, 0.3) is 111 Å². The van der Waals surface area contributed by atoms with Crippen molar-refractivity contribution in [2.24, 2.45) is 0 Å². The molecule has 16 aromatic rings. The van der Waals surface area contributed by atoms with Crippen molar-refractivity contribution in [2.75, 3.05) is 9.80 Å². The van der Waals surface area contributed by atoms with E-state index in [1.165, 1.54) is 11.1 Å². The van der Waals surface area contributed by atoms with E-state index in [2.05, 4.69) is 321 Å². The largest absolute Gasteiger partial charge is 0.311 e. The fourth-order valence-corrected chi connectivity index (χ4v) is 15.6. The quantitative estimate of drug-likeness (QED) is 0.135. The zero-order valence-corrected chi connectivity index (χ0v) is 55.9. The topological polar surface area (TPSA) is 40.1 Å². The van der Waals surface area contributed by atoms with E-state index in [0.717, 1.165) is 150 Å². The van der Waals surface area contributed by atoms with Crippen LogP contribution in [0.15, 0.2) is 315 Å². The van der Waals surface area contributed by atoms with Crippen LogP contribution in [0.5, 0.6) is 0 Å². The molecule has 6 heteroatoms. The van der Waals surface area contributed by atoms with E-state index in [-0.39, 0.29) is 28.5 Å². The molecule has 14 aromatic carbocycles. The van der Waals surface area contributed by atoms with E-state index in [1.807, 2.05) is 30.3 Å². The Morgan fingerprint density at radius 1 is 0.313 bits per heavy atom. The molecule has 99 heavy (non-hydrogen) atoms. The van der Waals surface area contributed by atoms with Gasteiger partial charge in [-0.15, -0.1) is 0 Å². The number of nitriles is 1. The van der Waals surface area contributed by atoms with E-state index in [9.17, 15) is 8.00 Å². The van der Waals surface area contributed by atoms with Gasteiger partial charge in [0.25, 0.3) is 6.71 Å². The number of hydrogen-bond donors (Lipinski definition) is 0. The molecule has 18 rings (SSSR count). The van der Waals surface area contributed by atoms with Crippen LogP contribution in [0.1, 0.15) is 65.1 Å². The summed E-state index contributed by atoms with van der Waals surface area (Å²) in [5.74, 6) is 0. The lowest BCUT2D eigenvalue weighted by molar-refractivity contribution is 0.569. The molecule has 0 atom stereocenters. The fourth-order valence-electron chi connectivity index (χ4n) is 15.6. The molecule has 0 aliphatic carbocycles. The lowest BCUT2D eigenvalue weighted by Gasteiger charge is -2.45. The van der Waals surface area contributed by atoms with Crippen LogP contribution in [0, 0.1) is 11.3 Å². The second kappa shape index (κ2) is 23.0. The molecule has 0 saturated heterocycles. The molecule has 2 aromatic heterocycles. The maximum absolute atomic E-state index is 11.6. The van der Waals surface area contributed by atoms with Gasteiger partial charge in [-0.1, -0.05) is 272 Å². The maximum atomic E-state index is 11.6. The Hall–Kier alpha value is -12.2. The van der Waals surface area contributed by atoms with Crippen LogP contribution in [-0.2, 0) is 10.8 Å². The Labute approximate surface area is 586 Å². The van der Waals surface area contributed by atoms with Crippen LogP contribution in [-0.4, -0.2) is 15.8 Å². The molecule has 0 spiro atoms. The number of fused-ring (bicyclic) bond motifs is 10. The number of para-hydroxylation sites is 3. The van der Waals surface area contributed by atoms with Gasteiger partial charge in [0.15, 0.2) is 0 Å². The normalized spacial score (nSPS) is 13.4. The van der Waals surface area contributed by atoms with Gasteiger partial charge >= 0.3 is 0 Å². The molecule has 0 amide bonds. The third kappa shape index (κ3) is 9.98. The summed E-state index contributed by atoms with van der Waals surface area (Å²) < 4.78 is 50.7. The molecular weight excluding hydrogens is 1200 g/mol. The molecule has 470 valence electrons. The SMILES string of the molecule is [2H]c1c([2H])c([2H])c(-c2ccc3c(c2)B2c4ccc(-c5cc(C(C)(C)C)cc(C(C)(C)C)c5)cc4N(c4cc(C#N)cc(-n5c6ccccc6c6ccccc65)c4)c4cc(-n5c6ccccc6c6ccc(-c7ccccc7)cc65)cc(c42)N3c2cc(-c3ccccc3)cc(-c3ccccc3)c2)c([2H])c1[2H]. The first-order valence-corrected chi connectivity index (χ1v) is 34.1. The average molecular weight is 1270 g/mol. The molecule has 0 unspecified atom stereocenters. The van der Waals surface area contributed by atoms with Gasteiger partial charge in [0.05, 0.1) is 46.2 Å². The van der Waals surface area contributed by atoms with Crippen molar-refractivity contribution in [3.63, 3.8) is 0 Å². The van der Waals surface area contributed by atoms with Crippen LogP contribution in [0.4, 0.5) is 34.1 Å². The summed E-state index contributed by atoms with van der Waals surface area (Å²) in [6.45, 7) is 13.1. The van der Waals surface area contributed by atoms with Crippen LogP contribution in [0.3, 0.4) is 0 Å². The van der Waals surface area contributed by atoms with Crippen LogP contribution < -0.4 is 26.2 Å². The van der Waals surface area contributed by atoms with E-state index >= 15 is 0 Å². The lowest BCUT2D eigenvalue weighted by atomic mass is 9.33. The first kappa shape index (κ1) is 54.0. The zero-order valence-electron chi connectivity index (χ0n) is 60.9. The predicted molar refractivity (Wildman–Crippen MR) is 418 cm³/mol. The average Bonchev–Trinajstić information content (AvgIpc) is 0.724. The molecule has 2 aliphatic heterocycles. The van der Waals surface area contributed by atoms with Gasteiger partial charge < -0.3 is 18.9 Å². The van der Waals surface area contributed by atoms with Crippen molar-refractivity contribution in [1.29, 1.82) is 5.26 Å². The second-order valence-electron chi connectivity index (χ2n) is 28.5. The lowest BCUT2D eigenvalue weighted by Crippen LogP contribution is -2.61. The predicted octanol–water partition coefficient (Wildman–Crippen LogP) is 22.8. The standard InChI is InChI=1S/C93H70BN5/c1-92(2,3)71-48-70(49-72(55-71)93(4,5)6)67-40-43-81-88(54-67)99(74-46-60(59-95)45-73(56-74)96-83-36-22-19-33-77(83)78-34-20-23-37-84(78)96)90-58-76(97-85-38-24-21-35-79(85)80-42-39-66(53-87(80)97)62-27-13-8-14-28-62)57-89-91(90)94(81)82-52-65(61-25-11-7-12-26-61)41-44-86(82)98(89)75-50-68(63-29-15-9-16-30-63)47-69(51-75)64-31-17-10-18-32-64/h7-58H,1-6H3/i7D,11D,12D,25D,26D. The summed E-state index contributed by atoms with van der Waals surface area (Å²) in [4.78, 5) is 4.82. The Morgan fingerprint density at radius 3 is 1.32 bits per heavy atom. The summed E-state index contributed by atoms with van der Waals surface area (Å²) in [5.41, 5.74) is 25.4. The Morgan fingerprint density at radius 2 is 0.758 bits per heavy atom. The number of benzene rings is 14. The summed E-state index contributed by atoms with van der Waals surface area (Å²) in [5, 5.41) is 16.0. The second-order valence-corrected chi connectivity index (χ2v) is 28.5. The van der Waals surface area contributed by atoms with Crippen molar-refractivity contribution < 1.29 is 6.85 Å². The third-order valence-electron chi connectivity index (χ3n) is 20.4. The molecular formula is C93H70BN5. The summed E-state index contributed by atoms with van der Waals surface area (Å²) in [6, 6.07) is 103. The van der Waals surface area contributed by atoms with Gasteiger partial charge in [0.1, 0.15) is 0 Å². The van der Waals surface area contributed by atoms with Gasteiger partial charge in [0, 0.05) is 61.4 Å². The highest BCUT2D eigenvalue weighted by Gasteiger charge is 2.45. The van der Waals surface area contributed by atoms with Crippen LogP contribution >= 0.6 is 0 Å². The number of anilines is 6. The minimum Gasteiger partial charge on any atom is -0.311 e. The molecule has 0 radical (unpaired) electrons. The van der Waals surface area contributed by atoms with E-state index in [4.69, 9.17) is 4.11 Å². The summed E-state index contributed by atoms with van der Waals surface area (Å²) >= 11 is 0. The fraction of sp³-hybridized carbons (Fsp3) is 0.0860. The number of aromatic nitrogens is 2. The van der Waals surface area contributed by atoms with E-state index in [0.29, 0.717) is 11.1 Å². The highest BCUT2D eigenvalue weighted by Crippen LogP contribution is 2.50. The molecule has 5 nitrogen and oxygen atoms in total. The van der Waals surface area contributed by atoms with Gasteiger partial charge in [-0.2, -0.15) is 5.26 Å². The summed E-state index contributed by atoms with van der Waals surface area (Å²) in [6.07, 6.45) is 0. The third-order valence-corrected chi connectivity index (χ3v) is 20.4. The molecule has 4 heterocycles. The molecule has 0 fully saturated rings. The highest BCUT2D eigenvalue weighted by molar-refractivity contribution is 7.00. The van der Waals surface area contributed by atoms with Gasteiger partial charge in [-0.3, -0.25) is 0 Å². The number of rotatable bonds is 9. The zero-order chi connectivity index (χ0) is 71.2. The Bertz CT molecular complexity index is 6120. The van der Waals surface area contributed by atoms with Crippen molar-refractivity contribution in [1.82, 2.24) is 9.13 Å². The van der Waals surface area contributed by atoms with Gasteiger partial charge in [0.2, 0.25) is 0 Å². The number of nitrogens with zero attached hydrogens (tertiary/aromatic N) is 5. The van der Waals surface area contributed by atoms with E-state index < -0.39 is 24.8 Å². The van der Waals surface area contributed by atoms with E-state index in [1.54, 1.807) is 0 Å². The molecule has 0 bridgehead atoms. The summed E-state index contributed by atoms with van der Waals surface area (Å²) in [7, 11) is 0. The highest BCUT2D eigenvalue weighted by atomic mass is 15.2. The number of hydrogen-bond acceptors (Lipinski definition) is 3. The smallest absolute Gasteiger partial charge is 0.252 e. The minimum absolute atomic E-state index is 0.123. The molecule has 2 aliphatic rings. The first-order valence-electron chi connectivity index (χ1n) is 36.6. The van der Waals surface area contributed by atoms with Gasteiger partial charge in [-0.25, -0.2) is 0 Å². The van der Waals surface area contributed by atoms with Crippen molar-refractivity contribution in [3.8, 4) is 73.1 Å². The Kier molecular flexibility index (Phi) is 12.6. The van der Waals surface area contributed by atoms with Crippen molar-refractivity contribution in [2.45, 2.75) is 52.4 Å². The Balaban J connectivity index is 1.02. The van der Waals surface area contributed by atoms with Crippen LogP contribution in [0.2, 0.25) is 0 Å². The van der Waals surface area contributed by atoms with Gasteiger partial charge in [-0.05, 0) is 179 Å². The van der Waals surface area contributed by atoms with Crippen molar-refractivity contribution in [3.05, 3.63) is 332 Å². The minimum atomic E-state index is -0.541. The molecule has 0 saturated carbocycles. The maximum Gasteiger partial charge on any atom is 0.252 e. The van der Waals surface area contributed by atoms with Crippen molar-refractivity contribution >= 4 is 101 Å². The first-order chi connectivity index (χ1) is 50.4. The monoisotopic (exact) mass is 1270 g/mol. The molecule has 0 N–H and O–H groups in total.